The largest absolute Gasteiger partial charge is 0.497 e. The lowest BCUT2D eigenvalue weighted by Gasteiger charge is -2.17. The maximum absolute atomic E-state index is 12.8. The number of carbonyl (C=O) groups excluding carboxylic acids is 1. The van der Waals surface area contributed by atoms with Crippen LogP contribution in [0, 0.1) is 0 Å². The van der Waals surface area contributed by atoms with Crippen molar-refractivity contribution in [2.45, 2.75) is 43.5 Å². The first-order valence-corrected chi connectivity index (χ1v) is 10.4. The third-order valence-corrected chi connectivity index (χ3v) is 5.80. The molecule has 0 spiro atoms. The van der Waals surface area contributed by atoms with Gasteiger partial charge in [0.2, 0.25) is 11.1 Å². The molecule has 0 saturated carbocycles. The molecule has 0 saturated heterocycles. The van der Waals surface area contributed by atoms with Gasteiger partial charge in [0.05, 0.1) is 18.0 Å². The van der Waals surface area contributed by atoms with Gasteiger partial charge < -0.3 is 10.1 Å². The zero-order valence-corrected chi connectivity index (χ0v) is 17.8. The third-order valence-electron chi connectivity index (χ3n) is 4.77. The highest BCUT2D eigenvalue weighted by Crippen LogP contribution is 2.28. The summed E-state index contributed by atoms with van der Waals surface area (Å²) in [5.74, 6) is 1.04. The van der Waals surface area contributed by atoms with E-state index < -0.39 is 0 Å². The average Bonchev–Trinajstić information content (AvgIpc) is 3.21. The summed E-state index contributed by atoms with van der Waals surface area (Å²) in [7, 11) is 1.62. The van der Waals surface area contributed by atoms with Gasteiger partial charge in [-0.05, 0) is 65.6 Å². The summed E-state index contributed by atoms with van der Waals surface area (Å²) in [4.78, 5) is 12.8. The molecule has 0 aliphatic heterocycles. The lowest BCUT2D eigenvalue weighted by atomic mass is 9.97. The normalized spacial score (nSPS) is 13.0. The Balaban J connectivity index is 1.72. The second kappa shape index (κ2) is 9.56. The fraction of sp³-hybridized carbons (Fsp3) is 0.333. The summed E-state index contributed by atoms with van der Waals surface area (Å²) in [6, 6.07) is 15.4. The number of nitrogens with zero attached hydrogens (tertiary/aromatic N) is 4. The van der Waals surface area contributed by atoms with E-state index in [1.54, 1.807) is 11.8 Å². The lowest BCUT2D eigenvalue weighted by molar-refractivity contribution is -0.115. The summed E-state index contributed by atoms with van der Waals surface area (Å²) >= 11 is 1.31. The number of para-hydroxylation sites is 1. The van der Waals surface area contributed by atoms with Crippen LogP contribution >= 0.6 is 11.8 Å². The van der Waals surface area contributed by atoms with E-state index in [1.165, 1.54) is 11.8 Å². The number of tetrazole rings is 1. The number of hydrogen-bond donors (Lipinski definition) is 1. The Kier molecular flexibility index (Phi) is 6.87. The molecule has 0 bridgehead atoms. The minimum Gasteiger partial charge on any atom is -0.497 e. The predicted octanol–water partition coefficient (Wildman–Crippen LogP) is 4.30. The number of ether oxygens (including phenoxy) is 1. The number of carbonyl (C=O) groups is 1. The molecule has 29 heavy (non-hydrogen) atoms. The molecule has 0 fully saturated rings. The van der Waals surface area contributed by atoms with Gasteiger partial charge in [0.1, 0.15) is 5.75 Å². The summed E-state index contributed by atoms with van der Waals surface area (Å²) in [5.41, 5.74) is 2.80. The van der Waals surface area contributed by atoms with Gasteiger partial charge in [-0.15, -0.1) is 5.10 Å². The smallest absolute Gasteiger partial charge is 0.237 e. The molecular formula is C21H25N5O2S. The number of amides is 1. The van der Waals surface area contributed by atoms with Gasteiger partial charge in [-0.3, -0.25) is 4.79 Å². The molecule has 3 rings (SSSR count). The maximum Gasteiger partial charge on any atom is 0.237 e. The Morgan fingerprint density at radius 3 is 2.59 bits per heavy atom. The van der Waals surface area contributed by atoms with Crippen molar-refractivity contribution in [3.05, 3.63) is 54.1 Å². The molecule has 2 atom stereocenters. The van der Waals surface area contributed by atoms with Gasteiger partial charge >= 0.3 is 0 Å². The Bertz CT molecular complexity index is 958. The van der Waals surface area contributed by atoms with Crippen LogP contribution in [0.25, 0.3) is 5.69 Å². The number of thioether (sulfide) groups is 1. The summed E-state index contributed by atoms with van der Waals surface area (Å²) < 4.78 is 6.80. The number of hydrogen-bond acceptors (Lipinski definition) is 6. The van der Waals surface area contributed by atoms with Gasteiger partial charge in [0.15, 0.2) is 0 Å². The first kappa shape index (κ1) is 20.9. The molecule has 2 aromatic carbocycles. The highest BCUT2D eigenvalue weighted by molar-refractivity contribution is 8.00. The molecule has 1 aromatic heterocycles. The van der Waals surface area contributed by atoms with Gasteiger partial charge in [-0.2, -0.15) is 4.68 Å². The van der Waals surface area contributed by atoms with Crippen LogP contribution in [-0.4, -0.2) is 38.5 Å². The van der Waals surface area contributed by atoms with Crippen LogP contribution in [0.5, 0.6) is 5.75 Å². The fourth-order valence-electron chi connectivity index (χ4n) is 2.84. The number of methoxy groups -OCH3 is 1. The van der Waals surface area contributed by atoms with E-state index in [1.807, 2.05) is 49.4 Å². The number of benzene rings is 2. The molecule has 152 valence electrons. The van der Waals surface area contributed by atoms with Crippen molar-refractivity contribution in [3.63, 3.8) is 0 Å². The van der Waals surface area contributed by atoms with Crippen LogP contribution in [0.15, 0.2) is 53.7 Å². The van der Waals surface area contributed by atoms with E-state index in [0.717, 1.165) is 29.1 Å². The molecule has 8 heteroatoms. The molecule has 0 aliphatic rings. The van der Waals surface area contributed by atoms with Crippen LogP contribution in [-0.2, 0) is 4.79 Å². The monoisotopic (exact) mass is 411 g/mol. The SMILES string of the molecule is CC[C@@H](C)c1ccccc1NC(=O)[C@@H](C)Sc1nnnn1-c1ccc(OC)cc1. The Morgan fingerprint density at radius 2 is 1.90 bits per heavy atom. The molecular weight excluding hydrogens is 386 g/mol. The predicted molar refractivity (Wildman–Crippen MR) is 115 cm³/mol. The van der Waals surface area contributed by atoms with E-state index in [9.17, 15) is 4.79 Å². The molecule has 0 radical (unpaired) electrons. The summed E-state index contributed by atoms with van der Waals surface area (Å²) in [5, 5.41) is 15.1. The molecule has 0 aliphatic carbocycles. The van der Waals surface area contributed by atoms with Crippen LogP contribution in [0.4, 0.5) is 5.69 Å². The maximum atomic E-state index is 12.8. The number of nitrogens with one attached hydrogen (secondary N) is 1. The lowest BCUT2D eigenvalue weighted by Crippen LogP contribution is -2.23. The molecule has 3 aromatic rings. The van der Waals surface area contributed by atoms with Crippen molar-refractivity contribution in [2.75, 3.05) is 12.4 Å². The van der Waals surface area contributed by atoms with Crippen molar-refractivity contribution < 1.29 is 9.53 Å². The first-order valence-electron chi connectivity index (χ1n) is 9.52. The zero-order chi connectivity index (χ0) is 20.8. The highest BCUT2D eigenvalue weighted by atomic mass is 32.2. The number of aromatic nitrogens is 4. The fourth-order valence-corrected chi connectivity index (χ4v) is 3.65. The van der Waals surface area contributed by atoms with Gasteiger partial charge in [0, 0.05) is 5.69 Å². The minimum atomic E-state index is -0.372. The standard InChI is InChI=1S/C21H25N5O2S/c1-5-14(2)18-8-6-7-9-19(18)22-20(27)15(3)29-21-23-24-25-26(21)16-10-12-17(28-4)13-11-16/h6-15H,5H2,1-4H3,(H,22,27)/t14-,15-/m1/s1. The van der Waals surface area contributed by atoms with Crippen molar-refractivity contribution in [2.24, 2.45) is 0 Å². The topological polar surface area (TPSA) is 81.9 Å². The second-order valence-corrected chi connectivity index (χ2v) is 8.03. The van der Waals surface area contributed by atoms with Crippen molar-refractivity contribution in [1.29, 1.82) is 0 Å². The van der Waals surface area contributed by atoms with Gasteiger partial charge in [-0.25, -0.2) is 0 Å². The summed E-state index contributed by atoms with van der Waals surface area (Å²) in [6.07, 6.45) is 1.01. The molecule has 1 heterocycles. The number of anilines is 1. The van der Waals surface area contributed by atoms with Crippen LogP contribution < -0.4 is 10.1 Å². The van der Waals surface area contributed by atoms with E-state index >= 15 is 0 Å². The Labute approximate surface area is 174 Å². The van der Waals surface area contributed by atoms with Crippen molar-refractivity contribution in [3.8, 4) is 11.4 Å². The first-order chi connectivity index (χ1) is 14.0. The van der Waals surface area contributed by atoms with E-state index in [4.69, 9.17) is 4.74 Å². The van der Waals surface area contributed by atoms with Crippen LogP contribution in [0.1, 0.15) is 38.7 Å². The van der Waals surface area contributed by atoms with E-state index in [2.05, 4.69) is 40.8 Å². The van der Waals surface area contributed by atoms with Crippen LogP contribution in [0.3, 0.4) is 0 Å². The third kappa shape index (κ3) is 4.95. The van der Waals surface area contributed by atoms with Gasteiger partial charge in [-0.1, -0.05) is 43.8 Å². The highest BCUT2D eigenvalue weighted by Gasteiger charge is 2.21. The van der Waals surface area contributed by atoms with E-state index in [0.29, 0.717) is 11.1 Å². The van der Waals surface area contributed by atoms with E-state index in [-0.39, 0.29) is 11.2 Å². The minimum absolute atomic E-state index is 0.0879. The van der Waals surface area contributed by atoms with Crippen molar-refractivity contribution in [1.82, 2.24) is 20.2 Å². The summed E-state index contributed by atoms with van der Waals surface area (Å²) in [6.45, 7) is 6.14. The molecule has 1 amide bonds. The second-order valence-electron chi connectivity index (χ2n) is 6.72. The van der Waals surface area contributed by atoms with Crippen LogP contribution in [0.2, 0.25) is 0 Å². The molecule has 1 N–H and O–H groups in total. The molecule has 7 nitrogen and oxygen atoms in total. The van der Waals surface area contributed by atoms with Gasteiger partial charge in [0.25, 0.3) is 0 Å². The average molecular weight is 412 g/mol. The molecule has 0 unspecified atom stereocenters. The Hall–Kier alpha value is -2.87. The van der Waals surface area contributed by atoms with Crippen molar-refractivity contribution >= 4 is 23.4 Å². The number of rotatable bonds is 8. The Morgan fingerprint density at radius 1 is 1.17 bits per heavy atom. The quantitative estimate of drug-likeness (QED) is 0.557. The zero-order valence-electron chi connectivity index (χ0n) is 17.0.